The van der Waals surface area contributed by atoms with Gasteiger partial charge >= 0.3 is 0 Å². The maximum Gasteiger partial charge on any atom is 0.273 e. The van der Waals surface area contributed by atoms with Gasteiger partial charge in [-0.05, 0) is 12.1 Å². The number of nitro benzene ring substituents is 1. The van der Waals surface area contributed by atoms with Crippen molar-refractivity contribution in [1.29, 1.82) is 0 Å². The maximum absolute atomic E-state index is 12.4. The number of para-hydroxylation sites is 1. The van der Waals surface area contributed by atoms with E-state index < -0.39 is 0 Å². The van der Waals surface area contributed by atoms with Gasteiger partial charge in [0.25, 0.3) is 11.6 Å². The predicted octanol–water partition coefficient (Wildman–Crippen LogP) is 1.95. The minimum atomic E-state index is -0.350. The van der Waals surface area contributed by atoms with Gasteiger partial charge < -0.3 is 4.90 Å². The molecular formula is C17H18N4O3. The Morgan fingerprint density at radius 2 is 1.88 bits per heavy atom. The molecule has 1 aromatic heterocycles. The van der Waals surface area contributed by atoms with Gasteiger partial charge in [0.15, 0.2) is 0 Å². The summed E-state index contributed by atoms with van der Waals surface area (Å²) in [6.45, 7) is 3.12. The Bertz CT molecular complexity index is 728. The van der Waals surface area contributed by atoms with Crippen LogP contribution in [0.1, 0.15) is 15.9 Å². The summed E-state index contributed by atoms with van der Waals surface area (Å²) < 4.78 is 0. The zero-order valence-electron chi connectivity index (χ0n) is 13.2. The molecule has 0 saturated carbocycles. The zero-order valence-corrected chi connectivity index (χ0v) is 13.2. The molecule has 7 heteroatoms. The second-order valence-electron chi connectivity index (χ2n) is 5.70. The molecule has 1 aromatic carbocycles. The van der Waals surface area contributed by atoms with E-state index in [4.69, 9.17) is 0 Å². The molecular weight excluding hydrogens is 308 g/mol. The average molecular weight is 326 g/mol. The molecule has 24 heavy (non-hydrogen) atoms. The van der Waals surface area contributed by atoms with Crippen LogP contribution in [-0.4, -0.2) is 51.8 Å². The van der Waals surface area contributed by atoms with Crippen molar-refractivity contribution in [3.05, 3.63) is 70.0 Å². The molecule has 0 radical (unpaired) electrons. The quantitative estimate of drug-likeness (QED) is 0.634. The first-order valence-corrected chi connectivity index (χ1v) is 7.79. The number of hydrogen-bond acceptors (Lipinski definition) is 5. The van der Waals surface area contributed by atoms with Gasteiger partial charge in [0.05, 0.1) is 10.5 Å². The van der Waals surface area contributed by atoms with Gasteiger partial charge in [-0.25, -0.2) is 0 Å². The van der Waals surface area contributed by atoms with E-state index in [-0.39, 0.29) is 16.5 Å². The first kappa shape index (κ1) is 16.1. The van der Waals surface area contributed by atoms with Crippen molar-refractivity contribution >= 4 is 11.6 Å². The van der Waals surface area contributed by atoms with E-state index in [0.717, 1.165) is 0 Å². The molecule has 2 heterocycles. The summed E-state index contributed by atoms with van der Waals surface area (Å²) in [5, 5.41) is 11.1. The van der Waals surface area contributed by atoms with Crippen LogP contribution in [0.3, 0.4) is 0 Å². The number of carbonyl (C=O) groups excluding carboxylic acids is 1. The summed E-state index contributed by atoms with van der Waals surface area (Å²) in [7, 11) is 0. The summed E-state index contributed by atoms with van der Waals surface area (Å²) in [5.74, 6) is -0.0200. The number of aromatic nitrogens is 1. The van der Waals surface area contributed by atoms with Crippen LogP contribution in [0, 0.1) is 10.1 Å². The molecule has 0 atom stereocenters. The van der Waals surface area contributed by atoms with Gasteiger partial charge in [0.1, 0.15) is 0 Å². The third-order valence-corrected chi connectivity index (χ3v) is 4.15. The molecule has 1 aliphatic heterocycles. The summed E-state index contributed by atoms with van der Waals surface area (Å²) in [6, 6.07) is 10.3. The minimum absolute atomic E-state index is 0.0200. The van der Waals surface area contributed by atoms with Crippen LogP contribution in [0.4, 0.5) is 5.69 Å². The molecule has 1 amide bonds. The third kappa shape index (κ3) is 3.57. The highest BCUT2D eigenvalue weighted by atomic mass is 16.6. The third-order valence-electron chi connectivity index (χ3n) is 4.15. The standard InChI is InChI=1S/C17H18N4O3/c22-17(14-5-3-7-18-12-14)20-10-8-19(9-11-20)13-15-4-1-2-6-16(15)21(23)24/h1-7,12H,8-11,13H2. The molecule has 0 bridgehead atoms. The lowest BCUT2D eigenvalue weighted by molar-refractivity contribution is -0.385. The predicted molar refractivity (Wildman–Crippen MR) is 88.5 cm³/mol. The van der Waals surface area contributed by atoms with Crippen LogP contribution < -0.4 is 0 Å². The molecule has 3 rings (SSSR count). The highest BCUT2D eigenvalue weighted by Gasteiger charge is 2.23. The van der Waals surface area contributed by atoms with Crippen molar-refractivity contribution < 1.29 is 9.72 Å². The molecule has 1 aliphatic rings. The lowest BCUT2D eigenvalue weighted by atomic mass is 10.1. The number of hydrogen-bond donors (Lipinski definition) is 0. The molecule has 1 saturated heterocycles. The second kappa shape index (κ2) is 7.18. The monoisotopic (exact) mass is 326 g/mol. The number of nitrogens with zero attached hydrogens (tertiary/aromatic N) is 4. The van der Waals surface area contributed by atoms with Gasteiger partial charge in [0, 0.05) is 56.7 Å². The summed E-state index contributed by atoms with van der Waals surface area (Å²) in [5.41, 5.74) is 1.44. The molecule has 0 aliphatic carbocycles. The lowest BCUT2D eigenvalue weighted by Crippen LogP contribution is -2.48. The molecule has 1 fully saturated rings. The fourth-order valence-electron chi connectivity index (χ4n) is 2.84. The number of carbonyl (C=O) groups is 1. The molecule has 124 valence electrons. The van der Waals surface area contributed by atoms with E-state index in [1.54, 1.807) is 41.6 Å². The van der Waals surface area contributed by atoms with E-state index in [2.05, 4.69) is 9.88 Å². The van der Waals surface area contributed by atoms with Crippen molar-refractivity contribution in [2.75, 3.05) is 26.2 Å². The topological polar surface area (TPSA) is 79.6 Å². The van der Waals surface area contributed by atoms with Crippen LogP contribution in [0.25, 0.3) is 0 Å². The fraction of sp³-hybridized carbons (Fsp3) is 0.294. The van der Waals surface area contributed by atoms with Gasteiger partial charge in [-0.1, -0.05) is 18.2 Å². The Morgan fingerprint density at radius 1 is 1.12 bits per heavy atom. The van der Waals surface area contributed by atoms with Crippen LogP contribution in [-0.2, 0) is 6.54 Å². The van der Waals surface area contributed by atoms with Crippen molar-refractivity contribution in [3.63, 3.8) is 0 Å². The molecule has 2 aromatic rings. The van der Waals surface area contributed by atoms with Gasteiger partial charge in [0.2, 0.25) is 0 Å². The van der Waals surface area contributed by atoms with Crippen molar-refractivity contribution in [1.82, 2.24) is 14.8 Å². The van der Waals surface area contributed by atoms with Crippen LogP contribution in [0.15, 0.2) is 48.8 Å². The van der Waals surface area contributed by atoms with E-state index in [0.29, 0.717) is 43.9 Å². The maximum atomic E-state index is 12.4. The van der Waals surface area contributed by atoms with Gasteiger partial charge in [-0.2, -0.15) is 0 Å². The molecule has 0 unspecified atom stereocenters. The first-order chi connectivity index (χ1) is 11.6. The summed E-state index contributed by atoms with van der Waals surface area (Å²) in [4.78, 5) is 31.0. The average Bonchev–Trinajstić information content (AvgIpc) is 2.63. The Kier molecular flexibility index (Phi) is 4.81. The zero-order chi connectivity index (χ0) is 16.9. The number of benzene rings is 1. The molecule has 7 nitrogen and oxygen atoms in total. The number of nitro groups is 1. The minimum Gasteiger partial charge on any atom is -0.336 e. The Balaban J connectivity index is 1.60. The highest BCUT2D eigenvalue weighted by molar-refractivity contribution is 5.93. The van der Waals surface area contributed by atoms with E-state index >= 15 is 0 Å². The highest BCUT2D eigenvalue weighted by Crippen LogP contribution is 2.20. The SMILES string of the molecule is O=C(c1cccnc1)N1CCN(Cc2ccccc2[N+](=O)[O-])CC1. The van der Waals surface area contributed by atoms with Crippen LogP contribution in [0.5, 0.6) is 0 Å². The summed E-state index contributed by atoms with van der Waals surface area (Å²) >= 11 is 0. The number of rotatable bonds is 4. The Hall–Kier alpha value is -2.80. The number of amides is 1. The van der Waals surface area contributed by atoms with Crippen LogP contribution >= 0.6 is 0 Å². The first-order valence-electron chi connectivity index (χ1n) is 7.79. The Labute approximate surface area is 139 Å². The number of piperazine rings is 1. The van der Waals surface area contributed by atoms with E-state index in [1.165, 1.54) is 6.07 Å². The van der Waals surface area contributed by atoms with Crippen molar-refractivity contribution in [3.8, 4) is 0 Å². The number of pyridine rings is 1. The normalized spacial score (nSPS) is 15.2. The second-order valence-corrected chi connectivity index (χ2v) is 5.70. The van der Waals surface area contributed by atoms with Crippen molar-refractivity contribution in [2.24, 2.45) is 0 Å². The smallest absolute Gasteiger partial charge is 0.273 e. The van der Waals surface area contributed by atoms with Crippen molar-refractivity contribution in [2.45, 2.75) is 6.54 Å². The largest absolute Gasteiger partial charge is 0.336 e. The fourth-order valence-corrected chi connectivity index (χ4v) is 2.84. The van der Waals surface area contributed by atoms with Crippen LogP contribution in [0.2, 0.25) is 0 Å². The van der Waals surface area contributed by atoms with Gasteiger partial charge in [-0.15, -0.1) is 0 Å². The Morgan fingerprint density at radius 3 is 2.54 bits per heavy atom. The molecule has 0 spiro atoms. The van der Waals surface area contributed by atoms with E-state index in [9.17, 15) is 14.9 Å². The van der Waals surface area contributed by atoms with E-state index in [1.807, 2.05) is 6.07 Å². The summed E-state index contributed by atoms with van der Waals surface area (Å²) in [6.07, 6.45) is 3.21. The lowest BCUT2D eigenvalue weighted by Gasteiger charge is -2.34. The van der Waals surface area contributed by atoms with Gasteiger partial charge in [-0.3, -0.25) is 24.8 Å². The molecule has 0 N–H and O–H groups in total.